The molecule has 1 aliphatic carbocycles. The van der Waals surface area contributed by atoms with Crippen LogP contribution in [0, 0.1) is 0 Å². The van der Waals surface area contributed by atoms with E-state index in [0.717, 1.165) is 25.8 Å². The van der Waals surface area contributed by atoms with Crippen LogP contribution in [0.4, 0.5) is 4.39 Å². The van der Waals surface area contributed by atoms with Gasteiger partial charge in [0.1, 0.15) is 6.17 Å². The summed E-state index contributed by atoms with van der Waals surface area (Å²) in [4.78, 5) is 2.48. The second-order valence-corrected chi connectivity index (χ2v) is 7.85. The molecule has 0 radical (unpaired) electrons. The Morgan fingerprint density at radius 1 is 1.00 bits per heavy atom. The average molecular weight is 354 g/mol. The predicted octanol–water partition coefficient (Wildman–Crippen LogP) is 6.14. The molecule has 3 unspecified atom stereocenters. The highest BCUT2D eigenvalue weighted by molar-refractivity contribution is 5.26. The second kappa shape index (κ2) is 9.32. The quantitative estimate of drug-likeness (QED) is 0.551. The Hall–Kier alpha value is -1.67. The molecular formula is C24H32FN. The Kier molecular flexibility index (Phi) is 6.85. The van der Waals surface area contributed by atoms with E-state index in [-0.39, 0.29) is 0 Å². The Morgan fingerprint density at radius 2 is 1.73 bits per heavy atom. The fraction of sp³-hybridized carbons (Fsp3) is 0.500. The summed E-state index contributed by atoms with van der Waals surface area (Å²) in [6.45, 7) is 3.28. The third-order valence-corrected chi connectivity index (χ3v) is 5.96. The van der Waals surface area contributed by atoms with Crippen LogP contribution in [0.3, 0.4) is 0 Å². The molecule has 3 atom stereocenters. The van der Waals surface area contributed by atoms with Gasteiger partial charge >= 0.3 is 0 Å². The summed E-state index contributed by atoms with van der Waals surface area (Å²) < 4.78 is 13.4. The predicted molar refractivity (Wildman–Crippen MR) is 108 cm³/mol. The van der Waals surface area contributed by atoms with Gasteiger partial charge in [-0.25, -0.2) is 4.39 Å². The highest BCUT2D eigenvalue weighted by Crippen LogP contribution is 2.36. The van der Waals surface area contributed by atoms with Crippen molar-refractivity contribution in [2.24, 2.45) is 0 Å². The van der Waals surface area contributed by atoms with Crippen LogP contribution in [0.2, 0.25) is 0 Å². The first-order valence-electron chi connectivity index (χ1n) is 10.1. The monoisotopic (exact) mass is 353 g/mol. The molecule has 0 spiro atoms. The molecule has 1 aliphatic rings. The standard InChI is InChI=1S/C24H32FN/c1-3-24(26(2)18-20-7-5-4-6-8-20)16-11-19-9-12-21(13-10-19)22-14-15-23(25)17-22/h4-10,12-13,22-24H,3,11,14-18H2,1-2H3. The van der Waals surface area contributed by atoms with E-state index < -0.39 is 6.17 Å². The molecule has 2 aromatic carbocycles. The van der Waals surface area contributed by atoms with Gasteiger partial charge in [0.25, 0.3) is 0 Å². The minimum absolute atomic E-state index is 0.430. The third-order valence-electron chi connectivity index (χ3n) is 5.96. The number of halogens is 1. The summed E-state index contributed by atoms with van der Waals surface area (Å²) in [5.41, 5.74) is 4.10. The van der Waals surface area contributed by atoms with Gasteiger partial charge in [0.2, 0.25) is 0 Å². The van der Waals surface area contributed by atoms with Gasteiger partial charge in [-0.15, -0.1) is 0 Å². The number of aryl methyl sites for hydroxylation is 1. The largest absolute Gasteiger partial charge is 0.299 e. The summed E-state index contributed by atoms with van der Waals surface area (Å²) in [5, 5.41) is 0. The van der Waals surface area contributed by atoms with Gasteiger partial charge < -0.3 is 0 Å². The molecular weight excluding hydrogens is 321 g/mol. The maximum atomic E-state index is 13.4. The van der Waals surface area contributed by atoms with Gasteiger partial charge in [0.15, 0.2) is 0 Å². The topological polar surface area (TPSA) is 3.24 Å². The van der Waals surface area contributed by atoms with Gasteiger partial charge in [-0.2, -0.15) is 0 Å². The molecule has 2 heteroatoms. The molecule has 1 fully saturated rings. The number of hydrogen-bond acceptors (Lipinski definition) is 1. The molecule has 0 aromatic heterocycles. The molecule has 1 saturated carbocycles. The van der Waals surface area contributed by atoms with Crippen molar-refractivity contribution in [2.75, 3.05) is 7.05 Å². The Morgan fingerprint density at radius 3 is 2.35 bits per heavy atom. The van der Waals surface area contributed by atoms with E-state index in [1.54, 1.807) is 0 Å². The van der Waals surface area contributed by atoms with Crippen LogP contribution in [-0.2, 0) is 13.0 Å². The Labute approximate surface area is 158 Å². The number of hydrogen-bond donors (Lipinski definition) is 0. The van der Waals surface area contributed by atoms with E-state index >= 15 is 0 Å². The van der Waals surface area contributed by atoms with Gasteiger partial charge in [-0.1, -0.05) is 61.5 Å². The van der Waals surface area contributed by atoms with Crippen LogP contribution in [0.25, 0.3) is 0 Å². The van der Waals surface area contributed by atoms with Crippen molar-refractivity contribution in [1.82, 2.24) is 4.90 Å². The zero-order chi connectivity index (χ0) is 18.4. The number of rotatable bonds is 8. The Bertz CT molecular complexity index is 652. The van der Waals surface area contributed by atoms with E-state index in [9.17, 15) is 4.39 Å². The molecule has 140 valence electrons. The van der Waals surface area contributed by atoms with Crippen molar-refractivity contribution in [3.05, 3.63) is 71.3 Å². The van der Waals surface area contributed by atoms with E-state index in [0.29, 0.717) is 18.4 Å². The molecule has 3 rings (SSSR count). The minimum atomic E-state index is -0.592. The van der Waals surface area contributed by atoms with Gasteiger partial charge in [-0.05, 0) is 68.2 Å². The summed E-state index contributed by atoms with van der Waals surface area (Å²) in [6, 6.07) is 20.3. The van der Waals surface area contributed by atoms with Crippen LogP contribution in [0.1, 0.15) is 61.6 Å². The second-order valence-electron chi connectivity index (χ2n) is 7.85. The maximum absolute atomic E-state index is 13.4. The zero-order valence-electron chi connectivity index (χ0n) is 16.2. The first-order valence-corrected chi connectivity index (χ1v) is 10.1. The van der Waals surface area contributed by atoms with Crippen LogP contribution in [0.5, 0.6) is 0 Å². The van der Waals surface area contributed by atoms with E-state index in [1.165, 1.54) is 29.5 Å². The molecule has 0 N–H and O–H groups in total. The highest BCUT2D eigenvalue weighted by atomic mass is 19.1. The molecule has 2 aromatic rings. The third kappa shape index (κ3) is 5.17. The van der Waals surface area contributed by atoms with E-state index in [4.69, 9.17) is 0 Å². The average Bonchev–Trinajstić information content (AvgIpc) is 3.10. The normalized spacial score (nSPS) is 21.2. The van der Waals surface area contributed by atoms with E-state index in [2.05, 4.69) is 73.5 Å². The van der Waals surface area contributed by atoms with E-state index in [1.807, 2.05) is 0 Å². The van der Waals surface area contributed by atoms with Gasteiger partial charge in [0, 0.05) is 12.6 Å². The maximum Gasteiger partial charge on any atom is 0.101 e. The molecule has 0 aliphatic heterocycles. The van der Waals surface area contributed by atoms with Crippen LogP contribution >= 0.6 is 0 Å². The van der Waals surface area contributed by atoms with Crippen molar-refractivity contribution < 1.29 is 4.39 Å². The lowest BCUT2D eigenvalue weighted by Gasteiger charge is -2.27. The summed E-state index contributed by atoms with van der Waals surface area (Å²) >= 11 is 0. The molecule has 1 nitrogen and oxygen atoms in total. The van der Waals surface area contributed by atoms with Crippen LogP contribution in [-0.4, -0.2) is 24.2 Å². The smallest absolute Gasteiger partial charge is 0.101 e. The van der Waals surface area contributed by atoms with Crippen LogP contribution in [0.15, 0.2) is 54.6 Å². The summed E-state index contributed by atoms with van der Waals surface area (Å²) in [6.07, 6.45) is 5.30. The van der Waals surface area contributed by atoms with Gasteiger partial charge in [0.05, 0.1) is 0 Å². The lowest BCUT2D eigenvalue weighted by molar-refractivity contribution is 0.216. The van der Waals surface area contributed by atoms with Crippen LogP contribution < -0.4 is 0 Å². The first kappa shape index (κ1) is 19.1. The number of nitrogens with zero attached hydrogens (tertiary/aromatic N) is 1. The first-order chi connectivity index (χ1) is 12.7. The minimum Gasteiger partial charge on any atom is -0.299 e. The van der Waals surface area contributed by atoms with Crippen molar-refractivity contribution in [1.29, 1.82) is 0 Å². The van der Waals surface area contributed by atoms with Crippen molar-refractivity contribution in [3.8, 4) is 0 Å². The number of benzene rings is 2. The summed E-state index contributed by atoms with van der Waals surface area (Å²) in [7, 11) is 2.23. The lowest BCUT2D eigenvalue weighted by Crippen LogP contribution is -2.31. The SMILES string of the molecule is CCC(CCc1ccc(C2CCC(F)C2)cc1)N(C)Cc1ccccc1. The molecule has 0 saturated heterocycles. The lowest BCUT2D eigenvalue weighted by atomic mass is 9.95. The van der Waals surface area contributed by atoms with Crippen molar-refractivity contribution in [2.45, 2.75) is 70.1 Å². The van der Waals surface area contributed by atoms with Crippen molar-refractivity contribution in [3.63, 3.8) is 0 Å². The molecule has 0 heterocycles. The summed E-state index contributed by atoms with van der Waals surface area (Å²) in [5.74, 6) is 0.430. The van der Waals surface area contributed by atoms with Gasteiger partial charge in [-0.3, -0.25) is 4.90 Å². The fourth-order valence-electron chi connectivity index (χ4n) is 4.26. The van der Waals surface area contributed by atoms with Crippen molar-refractivity contribution >= 4 is 0 Å². The molecule has 26 heavy (non-hydrogen) atoms. The Balaban J connectivity index is 1.51. The molecule has 0 amide bonds. The fourth-order valence-corrected chi connectivity index (χ4v) is 4.26. The highest BCUT2D eigenvalue weighted by Gasteiger charge is 2.25. The molecule has 0 bridgehead atoms. The number of alkyl halides is 1. The zero-order valence-corrected chi connectivity index (χ0v) is 16.2.